The molecule has 3 saturated heterocycles. The van der Waals surface area contributed by atoms with Crippen LogP contribution in [0.3, 0.4) is 0 Å². The number of carbonyl (C=O) groups is 1. The predicted molar refractivity (Wildman–Crippen MR) is 146 cm³/mol. The average Bonchev–Trinajstić information content (AvgIpc) is 3.40. The Bertz CT molecular complexity index is 1280. The standard InChI is InChI=1S/C31H37F6N3O2/c1-19-6-4-5-7-24(19)28-26-18-39(23-11-14-42-15-12-23)17-21(26)10-13-40(28)29(41)38(3)20(2)25-9-8-22(30(32,33)34)16-27(25)31(35,36)37/h4-9,16,20-21,23,26,28H,10-15,17-18H2,1-3H3/t20?,21?,26-,28+/m1/s1. The van der Waals surface area contributed by atoms with Gasteiger partial charge in [-0.15, -0.1) is 0 Å². The molecule has 3 aliphatic heterocycles. The Kier molecular flexibility index (Phi) is 8.55. The minimum atomic E-state index is -5.02. The van der Waals surface area contributed by atoms with E-state index in [-0.39, 0.29) is 23.6 Å². The number of hydrogen-bond acceptors (Lipinski definition) is 3. The summed E-state index contributed by atoms with van der Waals surface area (Å²) in [4.78, 5) is 19.6. The predicted octanol–water partition coefficient (Wildman–Crippen LogP) is 7.32. The number of ether oxygens (including phenoxy) is 1. The molecule has 2 aromatic rings. The molecule has 0 aliphatic carbocycles. The number of fused-ring (bicyclic) bond motifs is 1. The van der Waals surface area contributed by atoms with Gasteiger partial charge < -0.3 is 14.5 Å². The molecule has 2 amide bonds. The van der Waals surface area contributed by atoms with Gasteiger partial charge in [0.15, 0.2) is 0 Å². The van der Waals surface area contributed by atoms with Crippen LogP contribution in [0.1, 0.15) is 66.1 Å². The Morgan fingerprint density at radius 2 is 1.67 bits per heavy atom. The van der Waals surface area contributed by atoms with E-state index in [0.29, 0.717) is 24.6 Å². The van der Waals surface area contributed by atoms with Gasteiger partial charge in [-0.25, -0.2) is 4.79 Å². The fraction of sp³-hybridized carbons (Fsp3) is 0.581. The average molecular weight is 598 g/mol. The van der Waals surface area contributed by atoms with E-state index in [2.05, 4.69) is 4.90 Å². The van der Waals surface area contributed by atoms with Crippen molar-refractivity contribution >= 4 is 6.03 Å². The number of aryl methyl sites for hydroxylation is 1. The lowest BCUT2D eigenvalue weighted by molar-refractivity contribution is -0.143. The number of carbonyl (C=O) groups excluding carboxylic acids is 1. The molecular weight excluding hydrogens is 560 g/mol. The van der Waals surface area contributed by atoms with Crippen LogP contribution in [0.2, 0.25) is 0 Å². The molecule has 5 rings (SSSR count). The zero-order valence-corrected chi connectivity index (χ0v) is 24.0. The van der Waals surface area contributed by atoms with Crippen LogP contribution in [-0.2, 0) is 17.1 Å². The monoisotopic (exact) mass is 597 g/mol. The summed E-state index contributed by atoms with van der Waals surface area (Å²) in [5.74, 6) is 0.517. The lowest BCUT2D eigenvalue weighted by Crippen LogP contribution is -2.51. The van der Waals surface area contributed by atoms with Gasteiger partial charge in [-0.05, 0) is 67.9 Å². The van der Waals surface area contributed by atoms with E-state index in [4.69, 9.17) is 4.74 Å². The number of amides is 2. The summed E-state index contributed by atoms with van der Waals surface area (Å²) >= 11 is 0. The van der Waals surface area contributed by atoms with Gasteiger partial charge in [-0.1, -0.05) is 30.3 Å². The molecule has 5 nitrogen and oxygen atoms in total. The van der Waals surface area contributed by atoms with Crippen LogP contribution in [0.4, 0.5) is 31.1 Å². The molecular formula is C31H37F6N3O2. The molecule has 3 fully saturated rings. The van der Waals surface area contributed by atoms with Crippen LogP contribution in [0.15, 0.2) is 42.5 Å². The maximum Gasteiger partial charge on any atom is 0.416 e. The fourth-order valence-electron chi connectivity index (χ4n) is 7.07. The van der Waals surface area contributed by atoms with Gasteiger partial charge in [0.05, 0.1) is 23.2 Å². The van der Waals surface area contributed by atoms with E-state index in [0.717, 1.165) is 62.8 Å². The number of benzene rings is 2. The number of rotatable bonds is 4. The van der Waals surface area contributed by atoms with Crippen molar-refractivity contribution in [2.75, 3.05) is 39.9 Å². The Hall–Kier alpha value is -2.79. The first-order chi connectivity index (χ1) is 19.8. The van der Waals surface area contributed by atoms with Gasteiger partial charge in [0.25, 0.3) is 0 Å². The third kappa shape index (κ3) is 6.00. The summed E-state index contributed by atoms with van der Waals surface area (Å²) < 4.78 is 87.2. The van der Waals surface area contributed by atoms with Gasteiger partial charge in [0, 0.05) is 51.9 Å². The van der Waals surface area contributed by atoms with Gasteiger partial charge >= 0.3 is 18.4 Å². The highest BCUT2D eigenvalue weighted by Crippen LogP contribution is 2.47. The van der Waals surface area contributed by atoms with Gasteiger partial charge in [-0.2, -0.15) is 26.3 Å². The summed E-state index contributed by atoms with van der Waals surface area (Å²) in [5, 5.41) is 0. The minimum Gasteiger partial charge on any atom is -0.381 e. The maximum absolute atomic E-state index is 14.1. The smallest absolute Gasteiger partial charge is 0.381 e. The van der Waals surface area contributed by atoms with Crippen LogP contribution in [-0.4, -0.2) is 66.7 Å². The number of alkyl halides is 6. The third-order valence-corrected chi connectivity index (χ3v) is 9.48. The van der Waals surface area contributed by atoms with Crippen molar-refractivity contribution < 1.29 is 35.9 Å². The van der Waals surface area contributed by atoms with E-state index in [9.17, 15) is 31.1 Å². The molecule has 0 spiro atoms. The Morgan fingerprint density at radius 1 is 0.976 bits per heavy atom. The number of urea groups is 1. The topological polar surface area (TPSA) is 36.0 Å². The number of piperidine rings is 1. The second-order valence-corrected chi connectivity index (χ2v) is 11.9. The molecule has 3 aliphatic rings. The molecule has 11 heteroatoms. The molecule has 0 saturated carbocycles. The highest BCUT2D eigenvalue weighted by molar-refractivity contribution is 5.76. The van der Waals surface area contributed by atoms with Crippen molar-refractivity contribution in [3.8, 4) is 0 Å². The SMILES string of the molecule is Cc1ccccc1[C@H]1[C@@H]2CN(C3CCOCC3)CC2CCN1C(=O)N(C)C(C)c1ccc(C(F)(F)F)cc1C(F)(F)F. The van der Waals surface area contributed by atoms with E-state index >= 15 is 0 Å². The molecule has 42 heavy (non-hydrogen) atoms. The summed E-state index contributed by atoms with van der Waals surface area (Å²) in [6, 6.07) is 8.10. The van der Waals surface area contributed by atoms with Crippen LogP contribution in [0.25, 0.3) is 0 Å². The first-order valence-corrected chi connectivity index (χ1v) is 14.5. The van der Waals surface area contributed by atoms with Crippen molar-refractivity contribution in [1.29, 1.82) is 0 Å². The van der Waals surface area contributed by atoms with Gasteiger partial charge in [-0.3, -0.25) is 4.90 Å². The van der Waals surface area contributed by atoms with E-state index in [1.807, 2.05) is 31.2 Å². The quantitative estimate of drug-likeness (QED) is 0.347. The highest BCUT2D eigenvalue weighted by atomic mass is 19.4. The number of halogens is 6. The molecule has 4 atom stereocenters. The normalized spacial score (nSPS) is 24.9. The molecule has 230 valence electrons. The lowest BCUT2D eigenvalue weighted by Gasteiger charge is -2.45. The molecule has 2 aromatic carbocycles. The number of likely N-dealkylation sites (tertiary alicyclic amines) is 2. The van der Waals surface area contributed by atoms with Crippen molar-refractivity contribution in [2.24, 2.45) is 11.8 Å². The van der Waals surface area contributed by atoms with Crippen molar-refractivity contribution in [1.82, 2.24) is 14.7 Å². The van der Waals surface area contributed by atoms with Crippen molar-refractivity contribution in [3.05, 3.63) is 70.3 Å². The van der Waals surface area contributed by atoms with E-state index in [1.165, 1.54) is 18.9 Å². The second kappa shape index (κ2) is 11.7. The fourth-order valence-corrected chi connectivity index (χ4v) is 7.07. The van der Waals surface area contributed by atoms with Crippen LogP contribution in [0, 0.1) is 18.8 Å². The summed E-state index contributed by atoms with van der Waals surface area (Å²) in [5.41, 5.74) is -1.09. The molecule has 0 aromatic heterocycles. The molecule has 0 bridgehead atoms. The zero-order valence-electron chi connectivity index (χ0n) is 24.0. The first-order valence-electron chi connectivity index (χ1n) is 14.5. The van der Waals surface area contributed by atoms with Crippen LogP contribution < -0.4 is 0 Å². The van der Waals surface area contributed by atoms with Crippen molar-refractivity contribution in [3.63, 3.8) is 0 Å². The minimum absolute atomic E-state index is 0.134. The third-order valence-electron chi connectivity index (χ3n) is 9.48. The second-order valence-electron chi connectivity index (χ2n) is 11.9. The zero-order chi connectivity index (χ0) is 30.4. The highest BCUT2D eigenvalue weighted by Gasteiger charge is 2.48. The Labute approximate surface area is 242 Å². The van der Waals surface area contributed by atoms with E-state index < -0.39 is 35.6 Å². The molecule has 0 N–H and O–H groups in total. The van der Waals surface area contributed by atoms with Gasteiger partial charge in [0.2, 0.25) is 0 Å². The Morgan fingerprint density at radius 3 is 2.31 bits per heavy atom. The largest absolute Gasteiger partial charge is 0.416 e. The van der Waals surface area contributed by atoms with Crippen molar-refractivity contribution in [2.45, 2.75) is 63.6 Å². The molecule has 2 unspecified atom stereocenters. The maximum atomic E-state index is 14.1. The molecule has 3 heterocycles. The van der Waals surface area contributed by atoms with Crippen LogP contribution >= 0.6 is 0 Å². The number of hydrogen-bond donors (Lipinski definition) is 0. The van der Waals surface area contributed by atoms with Gasteiger partial charge in [0.1, 0.15) is 0 Å². The summed E-state index contributed by atoms with van der Waals surface area (Å²) in [6.45, 7) is 7.08. The summed E-state index contributed by atoms with van der Waals surface area (Å²) in [7, 11) is 1.43. The molecule has 0 radical (unpaired) electrons. The van der Waals surface area contributed by atoms with E-state index in [1.54, 1.807) is 4.90 Å². The van der Waals surface area contributed by atoms with Crippen LogP contribution in [0.5, 0.6) is 0 Å². The number of nitrogens with zero attached hydrogens (tertiary/aromatic N) is 3. The summed E-state index contributed by atoms with van der Waals surface area (Å²) in [6.07, 6.45) is -7.24. The first kappa shape index (κ1) is 30.7. The Balaban J connectivity index is 1.45. The lowest BCUT2D eigenvalue weighted by atomic mass is 9.78.